The van der Waals surface area contributed by atoms with E-state index in [0.717, 1.165) is 0 Å². The second-order valence-corrected chi connectivity index (χ2v) is 5.96. The number of para-hydroxylation sites is 1. The number of hydrogen-bond acceptors (Lipinski definition) is 5. The van der Waals surface area contributed by atoms with E-state index in [2.05, 4.69) is 14.7 Å². The van der Waals surface area contributed by atoms with Crippen LogP contribution in [-0.2, 0) is 0 Å². The number of anilines is 1. The lowest BCUT2D eigenvalue weighted by molar-refractivity contribution is 0.102. The molecule has 3 aromatic carbocycles. The van der Waals surface area contributed by atoms with Crippen LogP contribution in [0.4, 0.5) is 5.69 Å². The Hall–Kier alpha value is -4.13. The van der Waals surface area contributed by atoms with E-state index in [1.165, 1.54) is 12.1 Å². The molecule has 7 nitrogen and oxygen atoms in total. The molecule has 4 rings (SSSR count). The predicted octanol–water partition coefficient (Wildman–Crippen LogP) is 3.53. The van der Waals surface area contributed by atoms with Crippen molar-refractivity contribution in [2.45, 2.75) is 0 Å². The number of ether oxygens (including phenoxy) is 1. The van der Waals surface area contributed by atoms with Crippen molar-refractivity contribution in [2.24, 2.45) is 0 Å². The molecule has 0 atom stereocenters. The number of rotatable bonds is 4. The number of hydrogen-bond donors (Lipinski definition) is 2. The zero-order valence-electron chi connectivity index (χ0n) is 14.5. The Balaban J connectivity index is 1.51. The summed E-state index contributed by atoms with van der Waals surface area (Å²) in [5.74, 6) is 0.134. The third-order valence-corrected chi connectivity index (χ3v) is 4.01. The molecular weight excluding hydrogens is 360 g/mol. The van der Waals surface area contributed by atoms with Gasteiger partial charge in [0.1, 0.15) is 11.5 Å². The molecule has 1 amide bonds. The normalized spacial score (nSPS) is 10.6. The molecule has 0 aliphatic carbocycles. The monoisotopic (exact) mass is 374 g/mol. The maximum absolute atomic E-state index is 12.4. The van der Waals surface area contributed by atoms with Gasteiger partial charge in [0, 0.05) is 11.3 Å². The van der Waals surface area contributed by atoms with E-state index in [9.17, 15) is 14.4 Å². The van der Waals surface area contributed by atoms with Gasteiger partial charge in [0.15, 0.2) is 0 Å². The van der Waals surface area contributed by atoms with Gasteiger partial charge in [0.05, 0.1) is 10.9 Å². The summed E-state index contributed by atoms with van der Waals surface area (Å²) in [6.07, 6.45) is 0. The van der Waals surface area contributed by atoms with Crippen molar-refractivity contribution in [3.63, 3.8) is 0 Å². The number of aromatic nitrogens is 1. The first-order valence-corrected chi connectivity index (χ1v) is 8.40. The van der Waals surface area contributed by atoms with Gasteiger partial charge < -0.3 is 14.5 Å². The maximum Gasteiger partial charge on any atom is 0.419 e. The highest BCUT2D eigenvalue weighted by Gasteiger charge is 2.09. The minimum absolute atomic E-state index is 0.170. The molecule has 138 valence electrons. The smallest absolute Gasteiger partial charge is 0.419 e. The molecule has 0 radical (unpaired) electrons. The largest absolute Gasteiger partial charge is 0.457 e. The minimum atomic E-state index is -0.827. The van der Waals surface area contributed by atoms with E-state index in [4.69, 9.17) is 4.74 Å². The fourth-order valence-electron chi connectivity index (χ4n) is 2.68. The molecule has 7 heteroatoms. The molecular formula is C21H14N2O5. The zero-order chi connectivity index (χ0) is 19.5. The van der Waals surface area contributed by atoms with Crippen LogP contribution in [0.1, 0.15) is 10.4 Å². The number of fused-ring (bicyclic) bond motifs is 1. The van der Waals surface area contributed by atoms with Crippen molar-refractivity contribution < 1.29 is 13.9 Å². The summed E-state index contributed by atoms with van der Waals surface area (Å²) >= 11 is 0. The van der Waals surface area contributed by atoms with Crippen LogP contribution in [0.3, 0.4) is 0 Å². The topological polar surface area (TPSA) is 101 Å². The van der Waals surface area contributed by atoms with Gasteiger partial charge in [0.2, 0.25) is 0 Å². The number of carbonyl (C=O) groups is 1. The number of H-pyrrole nitrogens is 1. The van der Waals surface area contributed by atoms with E-state index >= 15 is 0 Å². The lowest BCUT2D eigenvalue weighted by atomic mass is 10.2. The van der Waals surface area contributed by atoms with E-state index in [1.54, 1.807) is 30.3 Å². The lowest BCUT2D eigenvalue weighted by Crippen LogP contribution is -2.15. The number of amides is 1. The van der Waals surface area contributed by atoms with E-state index in [-0.39, 0.29) is 11.3 Å². The Bertz CT molecular complexity index is 1260. The maximum atomic E-state index is 12.4. The number of aromatic amines is 1. The minimum Gasteiger partial charge on any atom is -0.457 e. The van der Waals surface area contributed by atoms with Gasteiger partial charge >= 0.3 is 11.4 Å². The summed E-state index contributed by atoms with van der Waals surface area (Å²) in [7, 11) is 0. The highest BCUT2D eigenvalue weighted by atomic mass is 16.5. The first-order valence-electron chi connectivity index (χ1n) is 8.40. The van der Waals surface area contributed by atoms with Crippen LogP contribution in [0.5, 0.6) is 11.5 Å². The van der Waals surface area contributed by atoms with Crippen molar-refractivity contribution in [3.8, 4) is 11.5 Å². The van der Waals surface area contributed by atoms with Crippen molar-refractivity contribution in [3.05, 3.63) is 99.3 Å². The summed E-state index contributed by atoms with van der Waals surface area (Å²) < 4.78 is 10.2. The fourth-order valence-corrected chi connectivity index (χ4v) is 2.68. The van der Waals surface area contributed by atoms with Crippen molar-refractivity contribution in [2.75, 3.05) is 5.32 Å². The summed E-state index contributed by atoms with van der Waals surface area (Å²) in [5, 5.41) is 2.88. The molecule has 0 fully saturated rings. The summed E-state index contributed by atoms with van der Waals surface area (Å²) in [4.78, 5) is 37.8. The third-order valence-electron chi connectivity index (χ3n) is 4.01. The van der Waals surface area contributed by atoms with E-state index in [1.807, 2.05) is 30.3 Å². The van der Waals surface area contributed by atoms with Gasteiger partial charge in [-0.3, -0.25) is 9.78 Å². The molecule has 1 aromatic heterocycles. The molecule has 1 heterocycles. The molecule has 0 saturated heterocycles. The van der Waals surface area contributed by atoms with Gasteiger partial charge in [-0.1, -0.05) is 18.2 Å². The number of nitrogens with one attached hydrogen (secondary N) is 2. The first kappa shape index (κ1) is 17.3. The van der Waals surface area contributed by atoms with Gasteiger partial charge in [-0.15, -0.1) is 0 Å². The molecule has 0 bridgehead atoms. The SMILES string of the molecule is O=C(Nc1ccc2[nH]c(=O)oc(=O)c2c1)c1ccc(Oc2ccccc2)cc1. The molecule has 0 spiro atoms. The zero-order valence-corrected chi connectivity index (χ0v) is 14.5. The second kappa shape index (κ2) is 7.24. The van der Waals surface area contributed by atoms with Crippen LogP contribution < -0.4 is 21.4 Å². The average molecular weight is 374 g/mol. The predicted molar refractivity (Wildman–Crippen MR) is 104 cm³/mol. The molecule has 0 aliphatic rings. The quantitative estimate of drug-likeness (QED) is 0.569. The molecule has 28 heavy (non-hydrogen) atoms. The Labute approximate surface area is 158 Å². The Kier molecular flexibility index (Phi) is 4.47. The fraction of sp³-hybridized carbons (Fsp3) is 0. The van der Waals surface area contributed by atoms with Gasteiger partial charge in [-0.2, -0.15) is 0 Å². The average Bonchev–Trinajstić information content (AvgIpc) is 2.70. The van der Waals surface area contributed by atoms with Crippen LogP contribution in [0.2, 0.25) is 0 Å². The number of carbonyl (C=O) groups excluding carboxylic acids is 1. The molecule has 2 N–H and O–H groups in total. The Morgan fingerprint density at radius 1 is 0.893 bits per heavy atom. The molecule has 0 unspecified atom stereocenters. The van der Waals surface area contributed by atoms with Crippen LogP contribution >= 0.6 is 0 Å². The summed E-state index contributed by atoms with van der Waals surface area (Å²) in [5.41, 5.74) is 0.398. The second-order valence-electron chi connectivity index (χ2n) is 5.96. The Morgan fingerprint density at radius 3 is 2.36 bits per heavy atom. The van der Waals surface area contributed by atoms with Gasteiger partial charge in [-0.25, -0.2) is 9.59 Å². The highest BCUT2D eigenvalue weighted by Crippen LogP contribution is 2.22. The van der Waals surface area contributed by atoms with Crippen LogP contribution in [0, 0.1) is 0 Å². The standard InChI is InChI=1S/C21H14N2O5/c24-19(13-6-9-16(10-7-13)27-15-4-2-1-3-5-15)22-14-8-11-18-17(12-14)20(25)28-21(26)23-18/h1-12H,(H,22,24)(H,23,26). The lowest BCUT2D eigenvalue weighted by Gasteiger charge is -2.08. The van der Waals surface area contributed by atoms with Crippen molar-refractivity contribution >= 4 is 22.5 Å². The van der Waals surface area contributed by atoms with Crippen LogP contribution in [0.15, 0.2) is 86.8 Å². The highest BCUT2D eigenvalue weighted by molar-refractivity contribution is 6.05. The molecule has 4 aromatic rings. The third kappa shape index (κ3) is 3.68. The summed E-state index contributed by atoms with van der Waals surface area (Å²) in [6, 6.07) is 20.5. The van der Waals surface area contributed by atoms with E-state index < -0.39 is 11.4 Å². The Morgan fingerprint density at radius 2 is 1.61 bits per heavy atom. The van der Waals surface area contributed by atoms with Crippen LogP contribution in [0.25, 0.3) is 10.9 Å². The van der Waals surface area contributed by atoms with Gasteiger partial charge in [0.25, 0.3) is 5.91 Å². The van der Waals surface area contributed by atoms with E-state index in [0.29, 0.717) is 28.3 Å². The van der Waals surface area contributed by atoms with Gasteiger partial charge in [-0.05, 0) is 54.6 Å². The molecule has 0 saturated carbocycles. The van der Waals surface area contributed by atoms with Crippen molar-refractivity contribution in [1.82, 2.24) is 4.98 Å². The first-order chi connectivity index (χ1) is 13.6. The summed E-state index contributed by atoms with van der Waals surface area (Å²) in [6.45, 7) is 0. The van der Waals surface area contributed by atoms with Crippen molar-refractivity contribution in [1.29, 1.82) is 0 Å². The number of benzene rings is 3. The van der Waals surface area contributed by atoms with Crippen LogP contribution in [-0.4, -0.2) is 10.9 Å². The molecule has 0 aliphatic heterocycles.